The van der Waals surface area contributed by atoms with Crippen molar-refractivity contribution in [3.05, 3.63) is 17.9 Å². The van der Waals surface area contributed by atoms with Crippen LogP contribution in [0.5, 0.6) is 0 Å². The Morgan fingerprint density at radius 2 is 2.07 bits per heavy atom. The number of nitrogens with one attached hydrogen (secondary N) is 1. The van der Waals surface area contributed by atoms with E-state index >= 15 is 0 Å². The van der Waals surface area contributed by atoms with Gasteiger partial charge in [-0.15, -0.1) is 0 Å². The molecule has 2 rings (SSSR count). The first-order valence-corrected chi connectivity index (χ1v) is 5.79. The number of hydrogen-bond acceptors (Lipinski definition) is 3. The standard InChI is InChI=1S/C12H20N2O/c1-12(7-3-2-4-8-12)14-11-6-5-10(9-13)15-11/h5-6,14H,2-4,7-9,13H2,1H3. The summed E-state index contributed by atoms with van der Waals surface area (Å²) < 4.78 is 5.56. The van der Waals surface area contributed by atoms with Crippen molar-refractivity contribution in [3.8, 4) is 0 Å². The Morgan fingerprint density at radius 1 is 1.33 bits per heavy atom. The van der Waals surface area contributed by atoms with Gasteiger partial charge in [0.2, 0.25) is 0 Å². The lowest BCUT2D eigenvalue weighted by atomic mass is 9.83. The predicted molar refractivity (Wildman–Crippen MR) is 61.7 cm³/mol. The van der Waals surface area contributed by atoms with Crippen LogP contribution in [0, 0.1) is 0 Å². The second-order valence-electron chi connectivity index (χ2n) is 4.72. The summed E-state index contributed by atoms with van der Waals surface area (Å²) in [5, 5.41) is 3.49. The quantitative estimate of drug-likeness (QED) is 0.803. The third-order valence-corrected chi connectivity index (χ3v) is 3.24. The Kier molecular flexibility index (Phi) is 3.00. The van der Waals surface area contributed by atoms with E-state index in [1.807, 2.05) is 12.1 Å². The van der Waals surface area contributed by atoms with Gasteiger partial charge in [-0.2, -0.15) is 0 Å². The van der Waals surface area contributed by atoms with Gasteiger partial charge in [-0.05, 0) is 25.8 Å². The molecule has 0 bridgehead atoms. The summed E-state index contributed by atoms with van der Waals surface area (Å²) in [5.41, 5.74) is 5.72. The summed E-state index contributed by atoms with van der Waals surface area (Å²) in [6.07, 6.45) is 6.45. The second kappa shape index (κ2) is 4.27. The van der Waals surface area contributed by atoms with E-state index in [4.69, 9.17) is 10.2 Å². The van der Waals surface area contributed by atoms with Crippen molar-refractivity contribution in [2.75, 3.05) is 5.32 Å². The number of rotatable bonds is 3. The molecule has 0 atom stereocenters. The topological polar surface area (TPSA) is 51.2 Å². The van der Waals surface area contributed by atoms with Gasteiger partial charge in [0, 0.05) is 11.6 Å². The molecule has 1 heterocycles. The average molecular weight is 208 g/mol. The van der Waals surface area contributed by atoms with Crippen LogP contribution < -0.4 is 11.1 Å². The van der Waals surface area contributed by atoms with Crippen molar-refractivity contribution in [3.63, 3.8) is 0 Å². The molecule has 3 heteroatoms. The van der Waals surface area contributed by atoms with Gasteiger partial charge in [0.15, 0.2) is 5.88 Å². The van der Waals surface area contributed by atoms with E-state index in [9.17, 15) is 0 Å². The van der Waals surface area contributed by atoms with Crippen molar-refractivity contribution >= 4 is 5.88 Å². The van der Waals surface area contributed by atoms with Crippen LogP contribution in [-0.4, -0.2) is 5.54 Å². The molecule has 3 N–H and O–H groups in total. The highest BCUT2D eigenvalue weighted by Gasteiger charge is 2.27. The van der Waals surface area contributed by atoms with E-state index in [2.05, 4.69) is 12.2 Å². The second-order valence-corrected chi connectivity index (χ2v) is 4.72. The minimum atomic E-state index is 0.210. The van der Waals surface area contributed by atoms with E-state index in [0.29, 0.717) is 6.54 Å². The van der Waals surface area contributed by atoms with Crippen molar-refractivity contribution in [2.24, 2.45) is 5.73 Å². The molecule has 0 spiro atoms. The van der Waals surface area contributed by atoms with Crippen molar-refractivity contribution in [1.29, 1.82) is 0 Å². The van der Waals surface area contributed by atoms with Crippen LogP contribution >= 0.6 is 0 Å². The number of nitrogens with two attached hydrogens (primary N) is 1. The van der Waals surface area contributed by atoms with Crippen LogP contribution in [0.4, 0.5) is 5.88 Å². The third-order valence-electron chi connectivity index (χ3n) is 3.24. The molecule has 0 aromatic carbocycles. The third kappa shape index (κ3) is 2.53. The fourth-order valence-corrected chi connectivity index (χ4v) is 2.31. The molecule has 84 valence electrons. The highest BCUT2D eigenvalue weighted by molar-refractivity contribution is 5.35. The van der Waals surface area contributed by atoms with Gasteiger partial charge in [-0.1, -0.05) is 19.3 Å². The molecule has 1 aliphatic rings. The minimum Gasteiger partial charge on any atom is -0.444 e. The summed E-state index contributed by atoms with van der Waals surface area (Å²) in [4.78, 5) is 0. The van der Waals surface area contributed by atoms with Gasteiger partial charge in [0.05, 0.1) is 6.54 Å². The molecule has 1 saturated carbocycles. The summed E-state index contributed by atoms with van der Waals surface area (Å²) in [7, 11) is 0. The highest BCUT2D eigenvalue weighted by Crippen LogP contribution is 2.31. The van der Waals surface area contributed by atoms with Gasteiger partial charge in [0.25, 0.3) is 0 Å². The van der Waals surface area contributed by atoms with E-state index in [1.54, 1.807) is 0 Å². The molecule has 0 saturated heterocycles. The molecule has 3 nitrogen and oxygen atoms in total. The minimum absolute atomic E-state index is 0.210. The predicted octanol–water partition coefficient (Wildman–Crippen LogP) is 2.87. The maximum atomic E-state index is 5.56. The first-order chi connectivity index (χ1) is 7.22. The number of anilines is 1. The lowest BCUT2D eigenvalue weighted by Gasteiger charge is -2.34. The Hall–Kier alpha value is -0.960. The largest absolute Gasteiger partial charge is 0.444 e. The monoisotopic (exact) mass is 208 g/mol. The zero-order valence-corrected chi connectivity index (χ0v) is 9.38. The summed E-state index contributed by atoms with van der Waals surface area (Å²) in [6, 6.07) is 3.91. The van der Waals surface area contributed by atoms with Crippen LogP contribution in [0.2, 0.25) is 0 Å². The lowest BCUT2D eigenvalue weighted by Crippen LogP contribution is -2.36. The molecule has 1 aliphatic carbocycles. The molecular weight excluding hydrogens is 188 g/mol. The zero-order valence-electron chi connectivity index (χ0n) is 9.38. The first kappa shape index (κ1) is 10.6. The molecular formula is C12H20N2O. The molecule has 1 aromatic heterocycles. The Morgan fingerprint density at radius 3 is 2.67 bits per heavy atom. The van der Waals surface area contributed by atoms with Gasteiger partial charge < -0.3 is 15.5 Å². The van der Waals surface area contributed by atoms with E-state index < -0.39 is 0 Å². The maximum absolute atomic E-state index is 5.56. The van der Waals surface area contributed by atoms with E-state index in [0.717, 1.165) is 11.6 Å². The molecule has 15 heavy (non-hydrogen) atoms. The van der Waals surface area contributed by atoms with Crippen molar-refractivity contribution in [2.45, 2.75) is 51.1 Å². The molecule has 0 aliphatic heterocycles. The van der Waals surface area contributed by atoms with Gasteiger partial charge in [0.1, 0.15) is 5.76 Å². The normalized spacial score (nSPS) is 20.1. The van der Waals surface area contributed by atoms with Gasteiger partial charge >= 0.3 is 0 Å². The fraction of sp³-hybridized carbons (Fsp3) is 0.667. The maximum Gasteiger partial charge on any atom is 0.193 e. The molecule has 0 unspecified atom stereocenters. The van der Waals surface area contributed by atoms with Crippen LogP contribution in [0.3, 0.4) is 0 Å². The van der Waals surface area contributed by atoms with Gasteiger partial charge in [-0.3, -0.25) is 0 Å². The summed E-state index contributed by atoms with van der Waals surface area (Å²) in [6.45, 7) is 2.75. The Bertz CT molecular complexity index is 313. The van der Waals surface area contributed by atoms with Crippen molar-refractivity contribution in [1.82, 2.24) is 0 Å². The molecule has 1 fully saturated rings. The Labute approximate surface area is 91.0 Å². The van der Waals surface area contributed by atoms with E-state index in [1.165, 1.54) is 32.1 Å². The fourth-order valence-electron chi connectivity index (χ4n) is 2.31. The summed E-state index contributed by atoms with van der Waals surface area (Å²) >= 11 is 0. The smallest absolute Gasteiger partial charge is 0.193 e. The van der Waals surface area contributed by atoms with E-state index in [-0.39, 0.29) is 5.54 Å². The molecule has 0 amide bonds. The number of furan rings is 1. The highest BCUT2D eigenvalue weighted by atomic mass is 16.4. The Balaban J connectivity index is 2.00. The SMILES string of the molecule is CC1(Nc2ccc(CN)o2)CCCCC1. The van der Waals surface area contributed by atoms with Crippen LogP contribution in [0.1, 0.15) is 44.8 Å². The first-order valence-electron chi connectivity index (χ1n) is 5.79. The zero-order chi connectivity index (χ0) is 10.7. The van der Waals surface area contributed by atoms with Crippen LogP contribution in [0.15, 0.2) is 16.5 Å². The van der Waals surface area contributed by atoms with Crippen molar-refractivity contribution < 1.29 is 4.42 Å². The van der Waals surface area contributed by atoms with Crippen LogP contribution in [-0.2, 0) is 6.54 Å². The lowest BCUT2D eigenvalue weighted by molar-refractivity contribution is 0.340. The number of hydrogen-bond donors (Lipinski definition) is 2. The molecule has 1 aromatic rings. The average Bonchev–Trinajstić information content (AvgIpc) is 2.66. The summed E-state index contributed by atoms with van der Waals surface area (Å²) in [5.74, 6) is 1.71. The van der Waals surface area contributed by atoms with Gasteiger partial charge in [-0.25, -0.2) is 0 Å². The molecule has 0 radical (unpaired) electrons. The van der Waals surface area contributed by atoms with Crippen LogP contribution in [0.25, 0.3) is 0 Å².